The topological polar surface area (TPSA) is 74.2 Å². The lowest BCUT2D eigenvalue weighted by Crippen LogP contribution is -2.45. The van der Waals surface area contributed by atoms with E-state index in [0.717, 1.165) is 5.56 Å². The van der Waals surface area contributed by atoms with Crippen molar-refractivity contribution in [3.05, 3.63) is 84.4 Å². The Morgan fingerprint density at radius 1 is 1.10 bits per heavy atom. The second kappa shape index (κ2) is 10.00. The predicted molar refractivity (Wildman–Crippen MR) is 112 cm³/mol. The van der Waals surface area contributed by atoms with Crippen LogP contribution in [0.5, 0.6) is 0 Å². The van der Waals surface area contributed by atoms with Gasteiger partial charge in [0.1, 0.15) is 24.4 Å². The van der Waals surface area contributed by atoms with Crippen LogP contribution in [0.25, 0.3) is 0 Å². The zero-order valence-electron chi connectivity index (χ0n) is 17.3. The van der Waals surface area contributed by atoms with Gasteiger partial charge in [-0.15, -0.1) is 0 Å². The summed E-state index contributed by atoms with van der Waals surface area (Å²) in [4.78, 5) is 12.5. The number of aliphatic hydroxyl groups excluding tert-OH is 1. The SMILES string of the molecule is C=C[C@H](OC(=O)c1ccccc1)[C@@H]1OC(C)(C)O[C@H]1[C@@H](CO)OCc1ccccc1. The van der Waals surface area contributed by atoms with Crippen LogP contribution < -0.4 is 0 Å². The molecule has 1 heterocycles. The number of rotatable bonds is 9. The molecule has 6 nitrogen and oxygen atoms in total. The molecule has 0 spiro atoms. The van der Waals surface area contributed by atoms with E-state index in [-0.39, 0.29) is 6.61 Å². The van der Waals surface area contributed by atoms with Gasteiger partial charge in [-0.25, -0.2) is 4.79 Å². The minimum absolute atomic E-state index is 0.274. The number of ether oxygens (including phenoxy) is 4. The van der Waals surface area contributed by atoms with E-state index in [2.05, 4.69) is 6.58 Å². The lowest BCUT2D eigenvalue weighted by molar-refractivity contribution is -0.166. The highest BCUT2D eigenvalue weighted by molar-refractivity contribution is 5.89. The summed E-state index contributed by atoms with van der Waals surface area (Å²) in [7, 11) is 0. The third-order valence-electron chi connectivity index (χ3n) is 4.83. The monoisotopic (exact) mass is 412 g/mol. The van der Waals surface area contributed by atoms with Crippen molar-refractivity contribution in [3.8, 4) is 0 Å². The van der Waals surface area contributed by atoms with Crippen molar-refractivity contribution in [2.45, 2.75) is 50.7 Å². The van der Waals surface area contributed by atoms with E-state index < -0.39 is 36.2 Å². The maximum atomic E-state index is 12.5. The van der Waals surface area contributed by atoms with Gasteiger partial charge in [-0.05, 0) is 37.6 Å². The smallest absolute Gasteiger partial charge is 0.338 e. The fourth-order valence-corrected chi connectivity index (χ4v) is 3.40. The molecule has 1 N–H and O–H groups in total. The van der Waals surface area contributed by atoms with E-state index in [0.29, 0.717) is 12.2 Å². The van der Waals surface area contributed by atoms with E-state index in [4.69, 9.17) is 18.9 Å². The summed E-state index contributed by atoms with van der Waals surface area (Å²) in [5.74, 6) is -1.42. The van der Waals surface area contributed by atoms with Crippen molar-refractivity contribution < 1.29 is 28.8 Å². The van der Waals surface area contributed by atoms with Crippen LogP contribution in [0.15, 0.2) is 73.3 Å². The predicted octanol–water partition coefficient (Wildman–Crippen LogP) is 3.50. The van der Waals surface area contributed by atoms with Crippen LogP contribution in [0.3, 0.4) is 0 Å². The molecule has 0 unspecified atom stereocenters. The first-order valence-electron chi connectivity index (χ1n) is 9.94. The van der Waals surface area contributed by atoms with Gasteiger partial charge in [-0.1, -0.05) is 55.1 Å². The number of hydrogen-bond donors (Lipinski definition) is 1. The van der Waals surface area contributed by atoms with Crippen molar-refractivity contribution in [2.24, 2.45) is 0 Å². The van der Waals surface area contributed by atoms with Crippen LogP contribution in [0, 0.1) is 0 Å². The van der Waals surface area contributed by atoms with Gasteiger partial charge < -0.3 is 24.1 Å². The summed E-state index contributed by atoms with van der Waals surface area (Å²) in [6, 6.07) is 18.4. The molecule has 6 heteroatoms. The number of hydrogen-bond acceptors (Lipinski definition) is 6. The van der Waals surface area contributed by atoms with Crippen molar-refractivity contribution in [3.63, 3.8) is 0 Å². The molecule has 2 aromatic rings. The van der Waals surface area contributed by atoms with Gasteiger partial charge in [0.15, 0.2) is 5.79 Å². The van der Waals surface area contributed by atoms with Crippen LogP contribution in [0.4, 0.5) is 0 Å². The van der Waals surface area contributed by atoms with Crippen molar-refractivity contribution in [2.75, 3.05) is 6.61 Å². The Kier molecular flexibility index (Phi) is 7.39. The van der Waals surface area contributed by atoms with Gasteiger partial charge in [-0.3, -0.25) is 0 Å². The van der Waals surface area contributed by atoms with E-state index in [1.807, 2.05) is 36.4 Å². The summed E-state index contributed by atoms with van der Waals surface area (Å²) < 4.78 is 23.6. The Morgan fingerprint density at radius 2 is 1.70 bits per heavy atom. The number of carbonyl (C=O) groups excluding carboxylic acids is 1. The average molecular weight is 412 g/mol. The highest BCUT2D eigenvalue weighted by atomic mass is 16.8. The Balaban J connectivity index is 1.74. The first-order chi connectivity index (χ1) is 14.4. The fraction of sp³-hybridized carbons (Fsp3) is 0.375. The van der Waals surface area contributed by atoms with Crippen molar-refractivity contribution >= 4 is 5.97 Å². The lowest BCUT2D eigenvalue weighted by atomic mass is 10.0. The first kappa shape index (κ1) is 22.2. The van der Waals surface area contributed by atoms with Crippen LogP contribution in [-0.4, -0.2) is 47.9 Å². The molecular weight excluding hydrogens is 384 g/mol. The third-order valence-corrected chi connectivity index (χ3v) is 4.83. The summed E-state index contributed by atoms with van der Waals surface area (Å²) in [5.41, 5.74) is 1.40. The average Bonchev–Trinajstić information content (AvgIpc) is 3.08. The van der Waals surface area contributed by atoms with Crippen molar-refractivity contribution in [1.29, 1.82) is 0 Å². The number of carbonyl (C=O) groups is 1. The van der Waals surface area contributed by atoms with Crippen LogP contribution >= 0.6 is 0 Å². The molecule has 0 bridgehead atoms. The highest BCUT2D eigenvalue weighted by Crippen LogP contribution is 2.34. The lowest BCUT2D eigenvalue weighted by Gasteiger charge is -2.28. The van der Waals surface area contributed by atoms with Crippen LogP contribution in [0.1, 0.15) is 29.8 Å². The van der Waals surface area contributed by atoms with Gasteiger partial charge >= 0.3 is 5.97 Å². The van der Waals surface area contributed by atoms with Crippen molar-refractivity contribution in [1.82, 2.24) is 0 Å². The molecule has 0 aromatic heterocycles. The van der Waals surface area contributed by atoms with E-state index in [9.17, 15) is 9.90 Å². The minimum Gasteiger partial charge on any atom is -0.452 e. The Morgan fingerprint density at radius 3 is 2.30 bits per heavy atom. The molecule has 3 rings (SSSR count). The number of aliphatic hydroxyl groups is 1. The second-order valence-corrected chi connectivity index (χ2v) is 7.55. The molecule has 2 aromatic carbocycles. The highest BCUT2D eigenvalue weighted by Gasteiger charge is 2.49. The Bertz CT molecular complexity index is 820. The summed E-state index contributed by atoms with van der Waals surface area (Å²) in [5, 5.41) is 9.97. The molecule has 1 fully saturated rings. The van der Waals surface area contributed by atoms with Gasteiger partial charge in [0.05, 0.1) is 18.8 Å². The molecule has 0 saturated carbocycles. The Labute approximate surface area is 177 Å². The van der Waals surface area contributed by atoms with Gasteiger partial charge in [0, 0.05) is 0 Å². The minimum atomic E-state index is -0.931. The molecule has 0 aliphatic carbocycles. The molecule has 4 atom stereocenters. The zero-order chi connectivity index (χ0) is 21.6. The summed E-state index contributed by atoms with van der Waals surface area (Å²) >= 11 is 0. The third kappa shape index (κ3) is 5.55. The van der Waals surface area contributed by atoms with Crippen LogP contribution in [-0.2, 0) is 25.6 Å². The van der Waals surface area contributed by atoms with E-state index in [1.165, 1.54) is 6.08 Å². The Hall–Kier alpha value is -2.51. The fourth-order valence-electron chi connectivity index (χ4n) is 3.40. The largest absolute Gasteiger partial charge is 0.452 e. The first-order valence-corrected chi connectivity index (χ1v) is 9.94. The quantitative estimate of drug-likeness (QED) is 0.502. The maximum Gasteiger partial charge on any atom is 0.338 e. The molecule has 160 valence electrons. The standard InChI is InChI=1S/C24H28O6/c1-4-19(28-23(26)18-13-9-6-10-14-18)21-22(30-24(2,3)29-21)20(15-25)27-16-17-11-7-5-8-12-17/h4-14,19-22,25H,1,15-16H2,2-3H3/t19-,20+,21-,22-/m0/s1. The maximum absolute atomic E-state index is 12.5. The number of benzene rings is 2. The van der Waals surface area contributed by atoms with Crippen LogP contribution in [0.2, 0.25) is 0 Å². The molecule has 1 aliphatic rings. The van der Waals surface area contributed by atoms with E-state index >= 15 is 0 Å². The summed E-state index contributed by atoms with van der Waals surface area (Å²) in [6.07, 6.45) is -1.28. The van der Waals surface area contributed by atoms with E-state index in [1.54, 1.807) is 38.1 Å². The van der Waals surface area contributed by atoms with Gasteiger partial charge in [0.2, 0.25) is 0 Å². The molecule has 0 radical (unpaired) electrons. The molecule has 1 saturated heterocycles. The normalized spacial score (nSPS) is 22.2. The van der Waals surface area contributed by atoms with Gasteiger partial charge in [-0.2, -0.15) is 0 Å². The zero-order valence-corrected chi connectivity index (χ0v) is 17.3. The molecule has 0 amide bonds. The number of esters is 1. The summed E-state index contributed by atoms with van der Waals surface area (Å²) in [6.45, 7) is 7.37. The molecular formula is C24H28O6. The molecule has 1 aliphatic heterocycles. The molecule has 30 heavy (non-hydrogen) atoms. The second-order valence-electron chi connectivity index (χ2n) is 7.55. The van der Waals surface area contributed by atoms with Gasteiger partial charge in [0.25, 0.3) is 0 Å².